The van der Waals surface area contributed by atoms with Crippen LogP contribution < -0.4 is 4.74 Å². The van der Waals surface area contributed by atoms with Crippen molar-refractivity contribution in [2.75, 3.05) is 0 Å². The monoisotopic (exact) mass is 389 g/mol. The van der Waals surface area contributed by atoms with Gasteiger partial charge in [0.05, 0.1) is 5.69 Å². The zero-order valence-corrected chi connectivity index (χ0v) is 13.3. The number of rotatable bonds is 4. The van der Waals surface area contributed by atoms with Gasteiger partial charge in [-0.2, -0.15) is 0 Å². The molecule has 0 aliphatic rings. The Morgan fingerprint density at radius 2 is 2.06 bits per heavy atom. The van der Waals surface area contributed by atoms with Gasteiger partial charge in [0, 0.05) is 26.6 Å². The largest absolute Gasteiger partial charge is 0.487 e. The van der Waals surface area contributed by atoms with Crippen LogP contribution in [0, 0.1) is 0 Å². The molecule has 0 saturated heterocycles. The Morgan fingerprint density at radius 1 is 1.22 bits per heavy atom. The highest BCUT2D eigenvalue weighted by molar-refractivity contribution is 9.10. The fraction of sp³-hybridized carbons (Fsp3) is 0.154. The van der Waals surface area contributed by atoms with Crippen molar-refractivity contribution in [2.45, 2.75) is 11.9 Å². The first-order valence-corrected chi connectivity index (χ1v) is 7.56. The van der Waals surface area contributed by atoms with E-state index in [2.05, 4.69) is 36.8 Å². The van der Waals surface area contributed by atoms with E-state index in [1.165, 1.54) is 0 Å². The van der Waals surface area contributed by atoms with Crippen molar-refractivity contribution >= 4 is 43.5 Å². The number of halogens is 3. The van der Waals surface area contributed by atoms with Crippen LogP contribution in [0.2, 0.25) is 5.02 Å². The Balaban J connectivity index is 2.08. The molecule has 94 valence electrons. The minimum atomic E-state index is 0.439. The number of benzene rings is 1. The summed E-state index contributed by atoms with van der Waals surface area (Å²) in [5, 5.41) is 1.41. The van der Waals surface area contributed by atoms with Crippen LogP contribution in [0.3, 0.4) is 0 Å². The normalized spacial score (nSPS) is 10.4. The first-order chi connectivity index (χ1) is 8.69. The van der Waals surface area contributed by atoms with Crippen molar-refractivity contribution in [3.8, 4) is 5.75 Å². The second-order valence-electron chi connectivity index (χ2n) is 3.64. The zero-order chi connectivity index (χ0) is 13.0. The lowest BCUT2D eigenvalue weighted by Gasteiger charge is -2.10. The second kappa shape index (κ2) is 6.55. The lowest BCUT2D eigenvalue weighted by Crippen LogP contribution is -1.99. The Hall–Kier alpha value is -0.580. The Morgan fingerprint density at radius 3 is 2.72 bits per heavy atom. The molecule has 0 fully saturated rings. The number of pyridine rings is 1. The van der Waals surface area contributed by atoms with Gasteiger partial charge in [0.25, 0.3) is 0 Å². The molecule has 0 N–H and O–H groups in total. The van der Waals surface area contributed by atoms with E-state index < -0.39 is 0 Å². The SMILES string of the molecule is Clc1ccc(OCc2ccc(Br)cn2)c(CBr)c1. The summed E-state index contributed by atoms with van der Waals surface area (Å²) in [7, 11) is 0. The van der Waals surface area contributed by atoms with Crippen LogP contribution in [-0.2, 0) is 11.9 Å². The van der Waals surface area contributed by atoms with Crippen LogP contribution in [0.4, 0.5) is 0 Å². The zero-order valence-electron chi connectivity index (χ0n) is 9.37. The van der Waals surface area contributed by atoms with Crippen molar-refractivity contribution in [3.05, 3.63) is 57.3 Å². The predicted molar refractivity (Wildman–Crippen MR) is 80.4 cm³/mol. The minimum absolute atomic E-state index is 0.439. The van der Waals surface area contributed by atoms with Gasteiger partial charge < -0.3 is 4.74 Å². The third kappa shape index (κ3) is 3.70. The topological polar surface area (TPSA) is 22.1 Å². The molecule has 0 saturated carbocycles. The van der Waals surface area contributed by atoms with Crippen molar-refractivity contribution in [1.82, 2.24) is 4.98 Å². The summed E-state index contributed by atoms with van der Waals surface area (Å²) in [6.07, 6.45) is 1.76. The molecular formula is C13H10Br2ClNO. The van der Waals surface area contributed by atoms with E-state index in [0.717, 1.165) is 21.5 Å². The van der Waals surface area contributed by atoms with Gasteiger partial charge in [0.2, 0.25) is 0 Å². The number of ether oxygens (including phenoxy) is 1. The van der Waals surface area contributed by atoms with Crippen LogP contribution in [-0.4, -0.2) is 4.98 Å². The lowest BCUT2D eigenvalue weighted by atomic mass is 10.2. The standard InChI is InChI=1S/C13H10Br2ClNO/c14-6-9-5-11(16)2-4-13(9)18-8-12-3-1-10(15)7-17-12/h1-5,7H,6,8H2. The van der Waals surface area contributed by atoms with Gasteiger partial charge in [0.15, 0.2) is 0 Å². The number of alkyl halides is 1. The highest BCUT2D eigenvalue weighted by Crippen LogP contribution is 2.25. The number of hydrogen-bond acceptors (Lipinski definition) is 2. The van der Waals surface area contributed by atoms with E-state index in [1.807, 2.05) is 30.3 Å². The quantitative estimate of drug-likeness (QED) is 0.687. The van der Waals surface area contributed by atoms with Crippen LogP contribution in [0.25, 0.3) is 0 Å². The second-order valence-corrected chi connectivity index (χ2v) is 5.55. The highest BCUT2D eigenvalue weighted by Gasteiger charge is 2.04. The molecule has 0 aliphatic carbocycles. The molecule has 0 amide bonds. The van der Waals surface area contributed by atoms with E-state index >= 15 is 0 Å². The van der Waals surface area contributed by atoms with Crippen LogP contribution >= 0.6 is 43.5 Å². The predicted octanol–water partition coefficient (Wildman–Crippen LogP) is 4.97. The van der Waals surface area contributed by atoms with Gasteiger partial charge >= 0.3 is 0 Å². The Bertz CT molecular complexity index is 531. The molecule has 0 radical (unpaired) electrons. The third-order valence-corrected chi connectivity index (χ3v) is 3.64. The van der Waals surface area contributed by atoms with Gasteiger partial charge in [-0.05, 0) is 46.3 Å². The summed E-state index contributed by atoms with van der Waals surface area (Å²) in [5.41, 5.74) is 1.91. The van der Waals surface area contributed by atoms with Crippen LogP contribution in [0.15, 0.2) is 41.0 Å². The smallest absolute Gasteiger partial charge is 0.130 e. The maximum absolute atomic E-state index is 5.94. The molecule has 1 aromatic heterocycles. The van der Waals surface area contributed by atoms with Gasteiger partial charge in [-0.1, -0.05) is 27.5 Å². The molecule has 1 heterocycles. The maximum atomic E-state index is 5.94. The van der Waals surface area contributed by atoms with E-state index in [-0.39, 0.29) is 0 Å². The van der Waals surface area contributed by atoms with Gasteiger partial charge in [-0.25, -0.2) is 0 Å². The fourth-order valence-corrected chi connectivity index (χ4v) is 2.30. The molecule has 0 unspecified atom stereocenters. The molecule has 0 bridgehead atoms. The molecular weight excluding hydrogens is 381 g/mol. The molecule has 0 aliphatic heterocycles. The van der Waals surface area contributed by atoms with Crippen molar-refractivity contribution in [2.24, 2.45) is 0 Å². The maximum Gasteiger partial charge on any atom is 0.130 e. The fourth-order valence-electron chi connectivity index (χ4n) is 1.44. The minimum Gasteiger partial charge on any atom is -0.487 e. The molecule has 18 heavy (non-hydrogen) atoms. The van der Waals surface area contributed by atoms with Gasteiger partial charge in [-0.15, -0.1) is 0 Å². The lowest BCUT2D eigenvalue weighted by molar-refractivity contribution is 0.299. The first-order valence-electron chi connectivity index (χ1n) is 5.26. The summed E-state index contributed by atoms with van der Waals surface area (Å²) >= 11 is 12.7. The van der Waals surface area contributed by atoms with E-state index in [1.54, 1.807) is 6.20 Å². The molecule has 0 atom stereocenters. The Kier molecular flexibility index (Phi) is 5.03. The summed E-state index contributed by atoms with van der Waals surface area (Å²) in [5.74, 6) is 0.820. The van der Waals surface area contributed by atoms with E-state index in [0.29, 0.717) is 17.0 Å². The summed E-state index contributed by atoms with van der Waals surface area (Å²) in [6, 6.07) is 9.45. The molecule has 1 aromatic carbocycles. The molecule has 2 aromatic rings. The third-order valence-electron chi connectivity index (χ3n) is 2.33. The van der Waals surface area contributed by atoms with E-state index in [4.69, 9.17) is 16.3 Å². The average Bonchev–Trinajstić information content (AvgIpc) is 2.39. The van der Waals surface area contributed by atoms with Gasteiger partial charge in [-0.3, -0.25) is 4.98 Å². The van der Waals surface area contributed by atoms with Crippen molar-refractivity contribution < 1.29 is 4.74 Å². The summed E-state index contributed by atoms with van der Waals surface area (Å²) in [4.78, 5) is 4.26. The number of aromatic nitrogens is 1. The summed E-state index contributed by atoms with van der Waals surface area (Å²) in [6.45, 7) is 0.439. The van der Waals surface area contributed by atoms with Crippen molar-refractivity contribution in [3.63, 3.8) is 0 Å². The van der Waals surface area contributed by atoms with Crippen molar-refractivity contribution in [1.29, 1.82) is 0 Å². The average molecular weight is 391 g/mol. The number of nitrogens with zero attached hydrogens (tertiary/aromatic N) is 1. The van der Waals surface area contributed by atoms with Crippen LogP contribution in [0.1, 0.15) is 11.3 Å². The van der Waals surface area contributed by atoms with Crippen LogP contribution in [0.5, 0.6) is 5.75 Å². The molecule has 0 spiro atoms. The summed E-state index contributed by atoms with van der Waals surface area (Å²) < 4.78 is 6.70. The first kappa shape index (κ1) is 13.8. The molecule has 2 rings (SSSR count). The number of hydrogen-bond donors (Lipinski definition) is 0. The Labute approximate surface area is 128 Å². The van der Waals surface area contributed by atoms with Gasteiger partial charge in [0.1, 0.15) is 12.4 Å². The molecule has 5 heteroatoms. The molecule has 2 nitrogen and oxygen atoms in total. The van der Waals surface area contributed by atoms with E-state index in [9.17, 15) is 0 Å². The highest BCUT2D eigenvalue weighted by atomic mass is 79.9.